The molecule has 1 aliphatic heterocycles. The summed E-state index contributed by atoms with van der Waals surface area (Å²) in [5.74, 6) is -3.10. The summed E-state index contributed by atoms with van der Waals surface area (Å²) in [6, 6.07) is 11.8. The fourth-order valence-corrected chi connectivity index (χ4v) is 12.6. The third-order valence-corrected chi connectivity index (χ3v) is 18.6. The van der Waals surface area contributed by atoms with Gasteiger partial charge in [0.05, 0.1) is 63.6 Å². The number of phosphoric acid groups is 1. The van der Waals surface area contributed by atoms with Crippen LogP contribution in [-0.2, 0) is 79.2 Å². The van der Waals surface area contributed by atoms with Crippen LogP contribution in [0.3, 0.4) is 0 Å². The fourth-order valence-electron chi connectivity index (χ4n) is 11.9. The quantitative estimate of drug-likeness (QED) is 0.0133. The van der Waals surface area contributed by atoms with Gasteiger partial charge in [-0.3, -0.25) is 42.9 Å². The SMILES string of the molecule is CCCCCCCCCCCCCCCC(=O)OC[C@H](COP(=O)([O-])OCCNC(=O)CCC(=O)NCCOCCOCCC(=O)NCCCCCCN1Cc2cc(C(=O)N(C)Cc3nc4ccccc4[nH]3)ccc2N[C@H](CC(=O)O)C1=O)OC(=O)CCCCCCCCCCCCCCC.[Na+]. The number of ether oxygens (including phenoxy) is 4. The molecule has 0 saturated heterocycles. The number of carboxylic acid groups (broad SMARTS) is 1. The van der Waals surface area contributed by atoms with Crippen molar-refractivity contribution in [2.45, 2.75) is 270 Å². The zero-order chi connectivity index (χ0) is 73.0. The Morgan fingerprint density at radius 1 is 0.618 bits per heavy atom. The molecule has 0 fully saturated rings. The van der Waals surface area contributed by atoms with Gasteiger partial charge in [0.25, 0.3) is 13.7 Å². The Balaban J connectivity index is 0.0000270. The number of carbonyl (C=O) groups is 8. The summed E-state index contributed by atoms with van der Waals surface area (Å²) in [5.41, 5.74) is 3.41. The van der Waals surface area contributed by atoms with Crippen molar-refractivity contribution in [2.75, 3.05) is 84.8 Å². The summed E-state index contributed by atoms with van der Waals surface area (Å²) in [5, 5.41) is 20.8. The molecule has 4 rings (SSSR count). The minimum absolute atomic E-state index is 0. The molecule has 0 aliphatic carbocycles. The van der Waals surface area contributed by atoms with Gasteiger partial charge in [-0.15, -0.1) is 0 Å². The average Bonchev–Trinajstić information content (AvgIpc) is 1.62. The first kappa shape index (κ1) is 90.7. The normalized spacial score (nSPS) is 13.6. The molecule has 1 aliphatic rings. The van der Waals surface area contributed by atoms with Crippen molar-refractivity contribution in [3.05, 3.63) is 59.4 Å². The number of H-pyrrole nitrogens is 1. The Kier molecular flexibility index (Phi) is 50.5. The first-order valence-electron chi connectivity index (χ1n) is 38.0. The van der Waals surface area contributed by atoms with Crippen LogP contribution in [0.2, 0.25) is 0 Å². The van der Waals surface area contributed by atoms with Gasteiger partial charge in [-0.1, -0.05) is 193 Å². The molecule has 0 saturated carbocycles. The standard InChI is InChI=1S/C75H123N8O17P.Na/c1-4-6-8-10-12-14-16-18-20-22-24-26-30-38-72(89)97-58-62(100-73(90)39-31-27-25-23-21-19-17-15-13-11-9-7-5-2)59-99-101(93,94)98-51-47-78-69(85)43-42-68(84)77-46-50-96-53-52-95-49-44-70(86)76-45-34-28-29-35-48-83-56-61-54-60(40-41-63(61)79-66(75(83)92)55-71(87)88)74(91)82(3)57-67-80-64-36-32-33-37-65(64)81-67;/h32-33,36-37,40-41,54,62,66,79H,4-31,34-35,38-39,42-53,55-59H2,1-3H3,(H,76,86)(H,77,84)(H,78,85)(H,80,81)(H,87,88)(H,93,94);/q;+1/p-1/t62-,66-;/m1./s1. The number of aromatic nitrogens is 2. The molecule has 27 heteroatoms. The fraction of sp³-hybridized carbons (Fsp3) is 0.720. The Labute approximate surface area is 628 Å². The van der Waals surface area contributed by atoms with Gasteiger partial charge in [0.15, 0.2) is 6.10 Å². The molecule has 2 aromatic carbocycles. The number of hydrogen-bond donors (Lipinski definition) is 6. The van der Waals surface area contributed by atoms with Gasteiger partial charge in [-0.05, 0) is 61.6 Å². The number of nitrogens with one attached hydrogen (secondary N) is 5. The van der Waals surface area contributed by atoms with Crippen LogP contribution in [0, 0.1) is 0 Å². The van der Waals surface area contributed by atoms with E-state index < -0.39 is 69.3 Å². The van der Waals surface area contributed by atoms with E-state index in [1.54, 1.807) is 35.0 Å². The van der Waals surface area contributed by atoms with Crippen LogP contribution in [0.4, 0.5) is 5.69 Å². The monoisotopic (exact) mass is 1460 g/mol. The first-order chi connectivity index (χ1) is 49.0. The number of para-hydroxylation sites is 2. The molecule has 25 nitrogen and oxygen atoms in total. The van der Waals surface area contributed by atoms with Gasteiger partial charge in [0.2, 0.25) is 23.6 Å². The number of aromatic amines is 1. The van der Waals surface area contributed by atoms with Gasteiger partial charge in [-0.2, -0.15) is 0 Å². The number of nitrogens with zero attached hydrogens (tertiary/aromatic N) is 3. The molecule has 3 atom stereocenters. The van der Waals surface area contributed by atoms with E-state index in [1.165, 1.54) is 116 Å². The number of benzene rings is 2. The minimum atomic E-state index is -4.94. The van der Waals surface area contributed by atoms with Gasteiger partial charge in [0, 0.05) is 83.1 Å². The van der Waals surface area contributed by atoms with Crippen molar-refractivity contribution in [1.82, 2.24) is 35.7 Å². The Hall–Kier alpha value is -5.50. The molecule has 1 aromatic heterocycles. The van der Waals surface area contributed by atoms with Crippen molar-refractivity contribution in [2.24, 2.45) is 0 Å². The van der Waals surface area contributed by atoms with E-state index in [9.17, 15) is 52.9 Å². The van der Waals surface area contributed by atoms with Crippen LogP contribution < -0.4 is 55.7 Å². The molecule has 1 unspecified atom stereocenters. The molecule has 570 valence electrons. The molecular weight excluding hydrogens is 1340 g/mol. The van der Waals surface area contributed by atoms with E-state index in [-0.39, 0.29) is 139 Å². The van der Waals surface area contributed by atoms with E-state index in [0.717, 1.165) is 62.4 Å². The predicted octanol–water partition coefficient (Wildman–Crippen LogP) is 9.47. The van der Waals surface area contributed by atoms with Crippen LogP contribution in [0.5, 0.6) is 0 Å². The number of rotatable bonds is 62. The number of imidazole rings is 1. The Bertz CT molecular complexity index is 2870. The van der Waals surface area contributed by atoms with E-state index in [4.69, 9.17) is 28.0 Å². The number of fused-ring (bicyclic) bond motifs is 2. The minimum Gasteiger partial charge on any atom is -0.756 e. The first-order valence-corrected chi connectivity index (χ1v) is 39.4. The van der Waals surface area contributed by atoms with Crippen LogP contribution in [0.15, 0.2) is 42.5 Å². The molecule has 0 bridgehead atoms. The summed E-state index contributed by atoms with van der Waals surface area (Å²) in [6.45, 7) is 5.10. The van der Waals surface area contributed by atoms with Gasteiger partial charge in [-0.25, -0.2) is 4.98 Å². The molecule has 2 heterocycles. The Morgan fingerprint density at radius 2 is 1.14 bits per heavy atom. The number of carboxylic acids is 1. The number of esters is 2. The summed E-state index contributed by atoms with van der Waals surface area (Å²) in [6.07, 6.45) is 31.8. The van der Waals surface area contributed by atoms with Crippen LogP contribution >= 0.6 is 7.82 Å². The van der Waals surface area contributed by atoms with E-state index in [1.807, 2.05) is 24.3 Å². The molecule has 0 radical (unpaired) electrons. The molecular formula is C75H122N8NaO17P. The Morgan fingerprint density at radius 3 is 1.73 bits per heavy atom. The molecule has 5 amide bonds. The van der Waals surface area contributed by atoms with Gasteiger partial charge < -0.3 is 74.0 Å². The number of hydrogen-bond acceptors (Lipinski definition) is 18. The zero-order valence-corrected chi connectivity index (χ0v) is 65.0. The number of phosphoric ester groups is 1. The third kappa shape index (κ3) is 43.1. The zero-order valence-electron chi connectivity index (χ0n) is 62.1. The number of amides is 5. The van der Waals surface area contributed by atoms with Crippen molar-refractivity contribution >= 4 is 72.0 Å². The van der Waals surface area contributed by atoms with Crippen LogP contribution in [0.25, 0.3) is 11.0 Å². The second-order valence-corrected chi connectivity index (χ2v) is 28.0. The molecule has 0 spiro atoms. The smallest absolute Gasteiger partial charge is 0.756 e. The molecule has 102 heavy (non-hydrogen) atoms. The number of carbonyl (C=O) groups excluding carboxylic acids is 7. The van der Waals surface area contributed by atoms with E-state index >= 15 is 0 Å². The van der Waals surface area contributed by atoms with Crippen molar-refractivity contribution < 1.29 is 110 Å². The summed E-state index contributed by atoms with van der Waals surface area (Å²) >= 11 is 0. The van der Waals surface area contributed by atoms with Crippen molar-refractivity contribution in [3.63, 3.8) is 0 Å². The maximum absolute atomic E-state index is 13.6. The van der Waals surface area contributed by atoms with Crippen LogP contribution in [-0.4, -0.2) is 164 Å². The van der Waals surface area contributed by atoms with E-state index in [0.29, 0.717) is 61.4 Å². The number of anilines is 1. The van der Waals surface area contributed by atoms with Crippen molar-refractivity contribution in [1.29, 1.82) is 0 Å². The van der Waals surface area contributed by atoms with Gasteiger partial charge >= 0.3 is 47.5 Å². The second-order valence-electron chi connectivity index (χ2n) is 26.6. The van der Waals surface area contributed by atoms with Gasteiger partial charge in [0.1, 0.15) is 18.5 Å². The predicted molar refractivity (Wildman–Crippen MR) is 387 cm³/mol. The summed E-state index contributed by atoms with van der Waals surface area (Å²) in [7, 11) is -3.25. The summed E-state index contributed by atoms with van der Waals surface area (Å²) < 4.78 is 44.8. The number of aliphatic carboxylic acids is 1. The number of unbranched alkanes of at least 4 members (excludes halogenated alkanes) is 27. The summed E-state index contributed by atoms with van der Waals surface area (Å²) in [4.78, 5) is 126. The van der Waals surface area contributed by atoms with E-state index in [2.05, 4.69) is 45.1 Å². The largest absolute Gasteiger partial charge is 1.00 e. The molecule has 3 aromatic rings. The maximum atomic E-state index is 13.6. The third-order valence-electron chi connectivity index (χ3n) is 17.7. The topological polar surface area (TPSA) is 336 Å². The molecule has 6 N–H and O–H groups in total. The van der Waals surface area contributed by atoms with Crippen molar-refractivity contribution in [3.8, 4) is 0 Å². The maximum Gasteiger partial charge on any atom is 1.00 e. The second kappa shape index (κ2) is 56.8. The average molecular weight is 1460 g/mol. The van der Waals surface area contributed by atoms with Crippen LogP contribution in [0.1, 0.15) is 267 Å².